The first-order valence-corrected chi connectivity index (χ1v) is 5.39. The van der Waals surface area contributed by atoms with E-state index >= 15 is 0 Å². The van der Waals surface area contributed by atoms with E-state index in [0.29, 0.717) is 32.0 Å². The third kappa shape index (κ3) is 2.45. The highest BCUT2D eigenvalue weighted by Gasteiger charge is 2.22. The predicted molar refractivity (Wildman–Crippen MR) is 61.4 cm³/mol. The third-order valence-electron chi connectivity index (χ3n) is 2.69. The van der Waals surface area contributed by atoms with Crippen LogP contribution in [0.4, 0.5) is 5.69 Å². The number of hydrogen-bond acceptors (Lipinski definition) is 4. The smallest absolute Gasteiger partial charge is 0.377 e. The lowest BCUT2D eigenvalue weighted by atomic mass is 10.1. The van der Waals surface area contributed by atoms with Gasteiger partial charge in [-0.1, -0.05) is 12.1 Å². The Balaban J connectivity index is 2.32. The Morgan fingerprint density at radius 2 is 1.82 bits per heavy atom. The molecule has 0 saturated carbocycles. The summed E-state index contributed by atoms with van der Waals surface area (Å²) in [5.74, 6) is -2.29. The van der Waals surface area contributed by atoms with Gasteiger partial charge in [0.1, 0.15) is 0 Å². The molecule has 17 heavy (non-hydrogen) atoms. The van der Waals surface area contributed by atoms with Crippen molar-refractivity contribution in [1.82, 2.24) is 0 Å². The van der Waals surface area contributed by atoms with E-state index in [-0.39, 0.29) is 5.56 Å². The van der Waals surface area contributed by atoms with Gasteiger partial charge in [-0.15, -0.1) is 0 Å². The minimum absolute atomic E-state index is 0.238. The summed E-state index contributed by atoms with van der Waals surface area (Å²) < 4.78 is 5.23. The van der Waals surface area contributed by atoms with Crippen molar-refractivity contribution in [2.45, 2.75) is 0 Å². The molecular weight excluding hydrogens is 222 g/mol. The zero-order valence-corrected chi connectivity index (χ0v) is 9.26. The van der Waals surface area contributed by atoms with E-state index in [0.717, 1.165) is 0 Å². The molecule has 1 aliphatic heterocycles. The number of carboxylic acid groups (broad SMARTS) is 1. The van der Waals surface area contributed by atoms with Gasteiger partial charge < -0.3 is 14.7 Å². The molecule has 1 aliphatic rings. The molecule has 1 aromatic rings. The number of para-hydroxylation sites is 1. The molecule has 1 heterocycles. The molecule has 1 aromatic carbocycles. The zero-order chi connectivity index (χ0) is 12.3. The summed E-state index contributed by atoms with van der Waals surface area (Å²) in [5, 5.41) is 8.77. The van der Waals surface area contributed by atoms with Crippen LogP contribution in [0, 0.1) is 0 Å². The van der Waals surface area contributed by atoms with Gasteiger partial charge in [0.2, 0.25) is 0 Å². The third-order valence-corrected chi connectivity index (χ3v) is 2.69. The quantitative estimate of drug-likeness (QED) is 0.619. The van der Waals surface area contributed by atoms with Gasteiger partial charge in [-0.2, -0.15) is 0 Å². The highest BCUT2D eigenvalue weighted by atomic mass is 16.5. The summed E-state index contributed by atoms with van der Waals surface area (Å²) in [5.41, 5.74) is 0.908. The number of hydrogen-bond donors (Lipinski definition) is 1. The van der Waals surface area contributed by atoms with E-state index in [2.05, 4.69) is 0 Å². The van der Waals surface area contributed by atoms with Crippen LogP contribution >= 0.6 is 0 Å². The van der Waals surface area contributed by atoms with Crippen LogP contribution in [-0.2, 0) is 9.53 Å². The molecule has 1 saturated heterocycles. The minimum Gasteiger partial charge on any atom is -0.475 e. The number of rotatable bonds is 3. The Morgan fingerprint density at radius 1 is 1.18 bits per heavy atom. The number of carboxylic acids is 1. The number of Topliss-reactive ketones (excluding diaryl/α,β-unsaturated/α-hetero) is 1. The van der Waals surface area contributed by atoms with Crippen LogP contribution in [0.5, 0.6) is 0 Å². The summed E-state index contributed by atoms with van der Waals surface area (Å²) in [7, 11) is 0. The Hall–Kier alpha value is -1.88. The second-order valence-corrected chi connectivity index (χ2v) is 3.75. The van der Waals surface area contributed by atoms with Crippen molar-refractivity contribution >= 4 is 17.4 Å². The number of carbonyl (C=O) groups is 2. The molecule has 0 aliphatic carbocycles. The number of anilines is 1. The second kappa shape index (κ2) is 4.97. The molecule has 1 fully saturated rings. The molecule has 5 heteroatoms. The number of benzene rings is 1. The normalized spacial score (nSPS) is 15.6. The fraction of sp³-hybridized carbons (Fsp3) is 0.333. The lowest BCUT2D eigenvalue weighted by Crippen LogP contribution is -2.37. The first-order valence-electron chi connectivity index (χ1n) is 5.39. The maximum Gasteiger partial charge on any atom is 0.377 e. The number of morpholine rings is 1. The number of ketones is 1. The van der Waals surface area contributed by atoms with Crippen LogP contribution in [0.25, 0.3) is 0 Å². The van der Waals surface area contributed by atoms with Gasteiger partial charge in [0, 0.05) is 18.8 Å². The molecule has 0 amide bonds. The van der Waals surface area contributed by atoms with Crippen molar-refractivity contribution in [2.75, 3.05) is 31.2 Å². The van der Waals surface area contributed by atoms with Gasteiger partial charge in [-0.25, -0.2) is 4.79 Å². The monoisotopic (exact) mass is 235 g/mol. The van der Waals surface area contributed by atoms with Crippen molar-refractivity contribution < 1.29 is 19.4 Å². The van der Waals surface area contributed by atoms with Crippen LogP contribution in [0.15, 0.2) is 24.3 Å². The van der Waals surface area contributed by atoms with Crippen LogP contribution in [-0.4, -0.2) is 43.2 Å². The van der Waals surface area contributed by atoms with Crippen molar-refractivity contribution in [3.63, 3.8) is 0 Å². The summed E-state index contributed by atoms with van der Waals surface area (Å²) in [6.07, 6.45) is 0. The maximum absolute atomic E-state index is 11.6. The maximum atomic E-state index is 11.6. The summed E-state index contributed by atoms with van der Waals surface area (Å²) in [4.78, 5) is 24.3. The predicted octanol–water partition coefficient (Wildman–Crippen LogP) is 0.790. The van der Waals surface area contributed by atoms with Gasteiger partial charge in [-0.3, -0.25) is 4.79 Å². The molecule has 0 atom stereocenters. The van der Waals surface area contributed by atoms with Crippen LogP contribution < -0.4 is 4.90 Å². The molecule has 0 bridgehead atoms. The SMILES string of the molecule is O=C(O)C(=O)c1ccccc1N1CCOCC1. The zero-order valence-electron chi connectivity index (χ0n) is 9.26. The van der Waals surface area contributed by atoms with Gasteiger partial charge in [0.05, 0.1) is 18.8 Å². The summed E-state index contributed by atoms with van der Waals surface area (Å²) >= 11 is 0. The fourth-order valence-electron chi connectivity index (χ4n) is 1.86. The topological polar surface area (TPSA) is 66.8 Å². The Morgan fingerprint density at radius 3 is 2.47 bits per heavy atom. The molecular formula is C12H13NO4. The van der Waals surface area contributed by atoms with E-state index in [1.165, 1.54) is 0 Å². The highest BCUT2D eigenvalue weighted by Crippen LogP contribution is 2.21. The molecule has 5 nitrogen and oxygen atoms in total. The van der Waals surface area contributed by atoms with Crippen molar-refractivity contribution in [2.24, 2.45) is 0 Å². The lowest BCUT2D eigenvalue weighted by Gasteiger charge is -2.30. The molecule has 0 radical (unpaired) electrons. The van der Waals surface area contributed by atoms with Crippen LogP contribution in [0.3, 0.4) is 0 Å². The van der Waals surface area contributed by atoms with Gasteiger partial charge in [-0.05, 0) is 12.1 Å². The van der Waals surface area contributed by atoms with Crippen molar-refractivity contribution in [3.05, 3.63) is 29.8 Å². The molecule has 1 N–H and O–H groups in total. The van der Waals surface area contributed by atoms with Crippen molar-refractivity contribution in [1.29, 1.82) is 0 Å². The average Bonchev–Trinajstić information content (AvgIpc) is 2.39. The van der Waals surface area contributed by atoms with Crippen LogP contribution in [0.1, 0.15) is 10.4 Å². The number of ether oxygens (including phenoxy) is 1. The number of nitrogens with zero attached hydrogens (tertiary/aromatic N) is 1. The van der Waals surface area contributed by atoms with Crippen LogP contribution in [0.2, 0.25) is 0 Å². The van der Waals surface area contributed by atoms with Gasteiger partial charge >= 0.3 is 5.97 Å². The molecule has 2 rings (SSSR count). The first-order chi connectivity index (χ1) is 8.20. The standard InChI is InChI=1S/C12H13NO4/c14-11(12(15)16)9-3-1-2-4-10(9)13-5-7-17-8-6-13/h1-4H,5-8H2,(H,15,16). The number of aliphatic carboxylic acids is 1. The first kappa shape index (κ1) is 11.6. The van der Waals surface area contributed by atoms with Crippen molar-refractivity contribution in [3.8, 4) is 0 Å². The Labute approximate surface area is 98.6 Å². The lowest BCUT2D eigenvalue weighted by molar-refractivity contribution is -0.131. The molecule has 90 valence electrons. The van der Waals surface area contributed by atoms with E-state index in [1.807, 2.05) is 4.90 Å². The second-order valence-electron chi connectivity index (χ2n) is 3.75. The Kier molecular flexibility index (Phi) is 3.39. The van der Waals surface area contributed by atoms with Gasteiger partial charge in [0.25, 0.3) is 5.78 Å². The minimum atomic E-state index is -1.43. The molecule has 0 aromatic heterocycles. The van der Waals surface area contributed by atoms with E-state index in [9.17, 15) is 9.59 Å². The molecule has 0 unspecified atom stereocenters. The van der Waals surface area contributed by atoms with E-state index in [1.54, 1.807) is 24.3 Å². The Bertz CT molecular complexity index is 438. The largest absolute Gasteiger partial charge is 0.475 e. The van der Waals surface area contributed by atoms with Gasteiger partial charge in [0.15, 0.2) is 0 Å². The average molecular weight is 235 g/mol. The van der Waals surface area contributed by atoms with E-state index < -0.39 is 11.8 Å². The fourth-order valence-corrected chi connectivity index (χ4v) is 1.86. The molecule has 0 spiro atoms. The van der Waals surface area contributed by atoms with E-state index in [4.69, 9.17) is 9.84 Å². The summed E-state index contributed by atoms with van der Waals surface area (Å²) in [6, 6.07) is 6.77. The summed E-state index contributed by atoms with van der Waals surface area (Å²) in [6.45, 7) is 2.53. The number of carbonyl (C=O) groups excluding carboxylic acids is 1. The highest BCUT2D eigenvalue weighted by molar-refractivity contribution is 6.41.